The van der Waals surface area contributed by atoms with Crippen molar-refractivity contribution in [3.63, 3.8) is 0 Å². The fraction of sp³-hybridized carbons (Fsp3) is 0.333. The molecule has 1 nitrogen and oxygen atoms in total. The average molecular weight is 304 g/mol. The van der Waals surface area contributed by atoms with E-state index in [1.165, 1.54) is 11.1 Å². The van der Waals surface area contributed by atoms with E-state index in [-0.39, 0.29) is 10.8 Å². The standard InChI is InChI=1S/C18H19ClFN/c1-2-21-18-14(10-12-6-3-4-8-15(12)18)11-13-7-5-9-16(19)17(13)20/h3-9,14,18,21H,2,10-11H2,1H3. The van der Waals surface area contributed by atoms with Gasteiger partial charge in [0.1, 0.15) is 5.82 Å². The van der Waals surface area contributed by atoms with Crippen LogP contribution in [0.4, 0.5) is 4.39 Å². The molecule has 0 bridgehead atoms. The highest BCUT2D eigenvalue weighted by molar-refractivity contribution is 6.30. The van der Waals surface area contributed by atoms with Crippen LogP contribution in [0.5, 0.6) is 0 Å². The van der Waals surface area contributed by atoms with Gasteiger partial charge in [-0.2, -0.15) is 0 Å². The summed E-state index contributed by atoms with van der Waals surface area (Å²) in [6, 6.07) is 14.1. The second-order valence-corrected chi connectivity index (χ2v) is 6.02. The highest BCUT2D eigenvalue weighted by atomic mass is 35.5. The molecule has 1 aliphatic carbocycles. The lowest BCUT2D eigenvalue weighted by Crippen LogP contribution is -2.26. The summed E-state index contributed by atoms with van der Waals surface area (Å²) >= 11 is 5.90. The van der Waals surface area contributed by atoms with Gasteiger partial charge < -0.3 is 5.32 Å². The minimum atomic E-state index is -0.273. The SMILES string of the molecule is CCNC1c2ccccc2CC1Cc1cccc(Cl)c1F. The molecule has 1 N–H and O–H groups in total. The normalized spacial score (nSPS) is 20.5. The molecule has 2 unspecified atom stereocenters. The third-order valence-electron chi connectivity index (χ3n) is 4.28. The van der Waals surface area contributed by atoms with Crippen LogP contribution in [-0.4, -0.2) is 6.54 Å². The summed E-state index contributed by atoms with van der Waals surface area (Å²) in [6.07, 6.45) is 1.69. The summed E-state index contributed by atoms with van der Waals surface area (Å²) in [4.78, 5) is 0. The Bertz CT molecular complexity index is 641. The van der Waals surface area contributed by atoms with Crippen LogP contribution in [0.2, 0.25) is 5.02 Å². The largest absolute Gasteiger partial charge is 0.310 e. The van der Waals surface area contributed by atoms with Crippen LogP contribution in [0.25, 0.3) is 0 Å². The Labute approximate surface area is 130 Å². The Morgan fingerprint density at radius 1 is 1.19 bits per heavy atom. The molecule has 0 fully saturated rings. The van der Waals surface area contributed by atoms with E-state index in [0.717, 1.165) is 13.0 Å². The fourth-order valence-corrected chi connectivity index (χ4v) is 3.55. The van der Waals surface area contributed by atoms with Gasteiger partial charge in [0.25, 0.3) is 0 Å². The van der Waals surface area contributed by atoms with Gasteiger partial charge in [0.2, 0.25) is 0 Å². The van der Waals surface area contributed by atoms with Gasteiger partial charge in [0, 0.05) is 6.04 Å². The molecule has 3 heteroatoms. The van der Waals surface area contributed by atoms with Crippen LogP contribution < -0.4 is 5.32 Å². The molecule has 21 heavy (non-hydrogen) atoms. The lowest BCUT2D eigenvalue weighted by atomic mass is 9.92. The molecule has 3 rings (SSSR count). The third-order valence-corrected chi connectivity index (χ3v) is 4.57. The summed E-state index contributed by atoms with van der Waals surface area (Å²) in [5.41, 5.74) is 3.44. The number of rotatable bonds is 4. The molecule has 110 valence electrons. The minimum absolute atomic E-state index is 0.211. The first-order valence-electron chi connectivity index (χ1n) is 7.44. The number of nitrogens with one attached hydrogen (secondary N) is 1. The average Bonchev–Trinajstić information content (AvgIpc) is 2.82. The smallest absolute Gasteiger partial charge is 0.144 e. The Morgan fingerprint density at radius 2 is 2.00 bits per heavy atom. The molecule has 2 aromatic rings. The van der Waals surface area contributed by atoms with Crippen molar-refractivity contribution in [2.24, 2.45) is 5.92 Å². The molecule has 0 amide bonds. The summed E-state index contributed by atoms with van der Waals surface area (Å²) in [5, 5.41) is 3.76. The minimum Gasteiger partial charge on any atom is -0.310 e. The maximum absolute atomic E-state index is 14.1. The predicted molar refractivity (Wildman–Crippen MR) is 85.2 cm³/mol. The summed E-state index contributed by atoms with van der Waals surface area (Å²) in [7, 11) is 0. The van der Waals surface area contributed by atoms with Gasteiger partial charge in [-0.3, -0.25) is 0 Å². The molecule has 0 aromatic heterocycles. The molecule has 1 aliphatic rings. The van der Waals surface area contributed by atoms with Crippen molar-refractivity contribution < 1.29 is 4.39 Å². The Morgan fingerprint density at radius 3 is 2.81 bits per heavy atom. The van der Waals surface area contributed by atoms with Crippen LogP contribution in [-0.2, 0) is 12.8 Å². The van der Waals surface area contributed by atoms with Crippen molar-refractivity contribution in [2.75, 3.05) is 6.54 Å². The Kier molecular flexibility index (Phi) is 4.27. The van der Waals surface area contributed by atoms with Crippen LogP contribution in [0.3, 0.4) is 0 Å². The number of halogens is 2. The lowest BCUT2D eigenvalue weighted by Gasteiger charge is -2.22. The highest BCUT2D eigenvalue weighted by Crippen LogP contribution is 2.38. The number of fused-ring (bicyclic) bond motifs is 1. The van der Waals surface area contributed by atoms with E-state index >= 15 is 0 Å². The van der Waals surface area contributed by atoms with Crippen molar-refractivity contribution in [3.8, 4) is 0 Å². The maximum atomic E-state index is 14.1. The lowest BCUT2D eigenvalue weighted by molar-refractivity contribution is 0.389. The third kappa shape index (κ3) is 2.83. The zero-order chi connectivity index (χ0) is 14.8. The Balaban J connectivity index is 1.87. The van der Waals surface area contributed by atoms with Crippen LogP contribution >= 0.6 is 11.6 Å². The first kappa shape index (κ1) is 14.6. The topological polar surface area (TPSA) is 12.0 Å². The van der Waals surface area contributed by atoms with Gasteiger partial charge in [0.05, 0.1) is 5.02 Å². The van der Waals surface area contributed by atoms with Crippen molar-refractivity contribution in [2.45, 2.75) is 25.8 Å². The van der Waals surface area contributed by atoms with Crippen molar-refractivity contribution in [3.05, 3.63) is 70.0 Å². The Hall–Kier alpha value is -1.38. The van der Waals surface area contributed by atoms with E-state index < -0.39 is 0 Å². The van der Waals surface area contributed by atoms with E-state index in [1.807, 2.05) is 12.1 Å². The highest BCUT2D eigenvalue weighted by Gasteiger charge is 2.32. The maximum Gasteiger partial charge on any atom is 0.144 e. The van der Waals surface area contributed by atoms with E-state index in [1.54, 1.807) is 6.07 Å². The number of hydrogen-bond acceptors (Lipinski definition) is 1. The molecule has 0 radical (unpaired) electrons. The van der Waals surface area contributed by atoms with Crippen molar-refractivity contribution >= 4 is 11.6 Å². The monoisotopic (exact) mass is 303 g/mol. The van der Waals surface area contributed by atoms with E-state index in [9.17, 15) is 4.39 Å². The van der Waals surface area contributed by atoms with E-state index in [2.05, 4.69) is 36.5 Å². The molecule has 2 atom stereocenters. The molecule has 0 aliphatic heterocycles. The van der Waals surface area contributed by atoms with Gasteiger partial charge in [-0.15, -0.1) is 0 Å². The van der Waals surface area contributed by atoms with Crippen molar-refractivity contribution in [1.29, 1.82) is 0 Å². The molecular formula is C18H19ClFN. The van der Waals surface area contributed by atoms with E-state index in [4.69, 9.17) is 11.6 Å². The van der Waals surface area contributed by atoms with Crippen molar-refractivity contribution in [1.82, 2.24) is 5.32 Å². The van der Waals surface area contributed by atoms with Gasteiger partial charge in [0.15, 0.2) is 0 Å². The van der Waals surface area contributed by atoms with Gasteiger partial charge >= 0.3 is 0 Å². The second-order valence-electron chi connectivity index (χ2n) is 5.62. The molecule has 0 heterocycles. The quantitative estimate of drug-likeness (QED) is 0.874. The van der Waals surface area contributed by atoms with Crippen LogP contribution in [0.15, 0.2) is 42.5 Å². The first-order valence-corrected chi connectivity index (χ1v) is 7.82. The first-order chi connectivity index (χ1) is 10.2. The van der Waals surface area contributed by atoms with Crippen LogP contribution in [0.1, 0.15) is 29.7 Å². The van der Waals surface area contributed by atoms with E-state index in [0.29, 0.717) is 23.9 Å². The summed E-state index contributed by atoms with van der Waals surface area (Å²) in [6.45, 7) is 3.02. The summed E-state index contributed by atoms with van der Waals surface area (Å²) in [5.74, 6) is 0.0979. The molecule has 2 aromatic carbocycles. The second kappa shape index (κ2) is 6.17. The fourth-order valence-electron chi connectivity index (χ4n) is 3.35. The molecule has 0 saturated carbocycles. The molecular weight excluding hydrogens is 285 g/mol. The molecule has 0 spiro atoms. The summed E-state index contributed by atoms with van der Waals surface area (Å²) < 4.78 is 14.1. The van der Waals surface area contributed by atoms with Gasteiger partial charge in [-0.05, 0) is 48.1 Å². The number of benzene rings is 2. The molecule has 0 saturated heterocycles. The van der Waals surface area contributed by atoms with Gasteiger partial charge in [-0.25, -0.2) is 4.39 Å². The zero-order valence-electron chi connectivity index (χ0n) is 12.1. The number of hydrogen-bond donors (Lipinski definition) is 1. The van der Waals surface area contributed by atoms with Gasteiger partial charge in [-0.1, -0.05) is 54.9 Å². The zero-order valence-corrected chi connectivity index (χ0v) is 12.8. The van der Waals surface area contributed by atoms with Crippen LogP contribution in [0, 0.1) is 11.7 Å². The predicted octanol–water partition coefficient (Wildman–Crippen LogP) is 4.54.